The predicted octanol–water partition coefficient (Wildman–Crippen LogP) is 3.57. The summed E-state index contributed by atoms with van der Waals surface area (Å²) < 4.78 is 0. The molecule has 2 aromatic carbocycles. The lowest BCUT2D eigenvalue weighted by Crippen LogP contribution is -2.37. The van der Waals surface area contributed by atoms with Crippen molar-refractivity contribution < 1.29 is 19.5 Å². The third-order valence-electron chi connectivity index (χ3n) is 5.16. The molecule has 0 bridgehead atoms. The summed E-state index contributed by atoms with van der Waals surface area (Å²) in [6.07, 6.45) is 1.69. The Labute approximate surface area is 174 Å². The monoisotopic (exact) mass is 414 g/mol. The molecule has 3 rings (SSSR count). The molecule has 7 heteroatoms. The van der Waals surface area contributed by atoms with Crippen LogP contribution in [0.15, 0.2) is 54.6 Å². The van der Waals surface area contributed by atoms with Crippen LogP contribution in [0.25, 0.3) is 0 Å². The lowest BCUT2D eigenvalue weighted by atomic mass is 10.0. The highest BCUT2D eigenvalue weighted by atomic mass is 35.5. The molecule has 2 amide bonds. The van der Waals surface area contributed by atoms with Crippen LogP contribution in [0, 0.1) is 5.92 Å². The fourth-order valence-electron chi connectivity index (χ4n) is 3.63. The van der Waals surface area contributed by atoms with Crippen molar-refractivity contribution in [1.82, 2.24) is 10.6 Å². The lowest BCUT2D eigenvalue weighted by molar-refractivity contribution is -0.141. The Kier molecular flexibility index (Phi) is 6.88. The minimum Gasteiger partial charge on any atom is -0.481 e. The molecule has 0 aromatic heterocycles. The zero-order valence-electron chi connectivity index (χ0n) is 15.8. The van der Waals surface area contributed by atoms with E-state index in [1.807, 2.05) is 30.3 Å². The van der Waals surface area contributed by atoms with E-state index in [-0.39, 0.29) is 24.3 Å². The number of carboxylic acid groups (broad SMARTS) is 1. The Bertz CT molecular complexity index is 887. The summed E-state index contributed by atoms with van der Waals surface area (Å²) in [4.78, 5) is 36.4. The van der Waals surface area contributed by atoms with Crippen LogP contribution < -0.4 is 10.6 Å². The first-order valence-electron chi connectivity index (χ1n) is 9.56. The van der Waals surface area contributed by atoms with Crippen LogP contribution in [0.2, 0.25) is 5.02 Å². The molecule has 1 unspecified atom stereocenters. The van der Waals surface area contributed by atoms with E-state index in [4.69, 9.17) is 16.7 Å². The lowest BCUT2D eigenvalue weighted by Gasteiger charge is -2.21. The van der Waals surface area contributed by atoms with Gasteiger partial charge in [-0.05, 0) is 37.0 Å². The summed E-state index contributed by atoms with van der Waals surface area (Å²) in [6, 6.07) is 15.3. The number of rotatable bonds is 7. The highest BCUT2D eigenvalue weighted by molar-refractivity contribution is 6.33. The first-order chi connectivity index (χ1) is 13.9. The molecule has 0 spiro atoms. The number of aliphatic carboxylic acids is 1. The van der Waals surface area contributed by atoms with Crippen molar-refractivity contribution >= 4 is 29.4 Å². The Morgan fingerprint density at radius 2 is 1.72 bits per heavy atom. The average molecular weight is 415 g/mol. The fraction of sp³-hybridized carbons (Fsp3) is 0.318. The van der Waals surface area contributed by atoms with Crippen molar-refractivity contribution in [3.05, 3.63) is 70.7 Å². The molecule has 0 aliphatic heterocycles. The quantitative estimate of drug-likeness (QED) is 0.645. The number of carbonyl (C=O) groups excluding carboxylic acids is 2. The molecule has 0 heterocycles. The Morgan fingerprint density at radius 1 is 1.03 bits per heavy atom. The molecule has 2 aromatic rings. The molecule has 29 heavy (non-hydrogen) atoms. The molecule has 0 radical (unpaired) electrons. The van der Waals surface area contributed by atoms with Crippen LogP contribution in [0.3, 0.4) is 0 Å². The van der Waals surface area contributed by atoms with Crippen molar-refractivity contribution in [1.29, 1.82) is 0 Å². The van der Waals surface area contributed by atoms with Gasteiger partial charge in [0.25, 0.3) is 5.91 Å². The fourth-order valence-corrected chi connectivity index (χ4v) is 3.85. The van der Waals surface area contributed by atoms with Gasteiger partial charge >= 0.3 is 5.97 Å². The van der Waals surface area contributed by atoms with Gasteiger partial charge in [-0.2, -0.15) is 0 Å². The Balaban J connectivity index is 1.68. The molecule has 3 atom stereocenters. The molecule has 1 aliphatic rings. The molecular formula is C22H23ClN2O4. The topological polar surface area (TPSA) is 95.5 Å². The van der Waals surface area contributed by atoms with Crippen molar-refractivity contribution in [2.45, 2.75) is 37.8 Å². The summed E-state index contributed by atoms with van der Waals surface area (Å²) >= 11 is 6.12. The van der Waals surface area contributed by atoms with E-state index in [1.54, 1.807) is 24.3 Å². The number of hydrogen-bond donors (Lipinski definition) is 3. The maximum absolute atomic E-state index is 12.7. The standard InChI is InChI=1S/C22H23ClN2O4/c23-18-9-5-4-8-17(18)21(27)25-19(14-6-2-1-3-7-14)13-20(26)24-16-11-10-15(12-16)22(28)29/h1-9,15-16,19H,10-13H2,(H,24,26)(H,25,27)(H,28,29)/t15-,16+,19?/m1/s1. The van der Waals surface area contributed by atoms with Gasteiger partial charge in [0.2, 0.25) is 5.91 Å². The third-order valence-corrected chi connectivity index (χ3v) is 5.49. The summed E-state index contributed by atoms with van der Waals surface area (Å²) in [5, 5.41) is 15.3. The van der Waals surface area contributed by atoms with E-state index in [0.29, 0.717) is 29.8 Å². The van der Waals surface area contributed by atoms with Gasteiger partial charge in [-0.3, -0.25) is 14.4 Å². The van der Waals surface area contributed by atoms with Crippen LogP contribution in [-0.2, 0) is 9.59 Å². The zero-order chi connectivity index (χ0) is 20.8. The van der Waals surface area contributed by atoms with Crippen molar-refractivity contribution in [2.24, 2.45) is 5.92 Å². The molecule has 0 saturated heterocycles. The van der Waals surface area contributed by atoms with Crippen molar-refractivity contribution in [3.8, 4) is 0 Å². The predicted molar refractivity (Wildman–Crippen MR) is 110 cm³/mol. The molecule has 6 nitrogen and oxygen atoms in total. The maximum Gasteiger partial charge on any atom is 0.306 e. The normalized spacial score (nSPS) is 19.3. The number of carbonyl (C=O) groups is 3. The Morgan fingerprint density at radius 3 is 2.38 bits per heavy atom. The van der Waals surface area contributed by atoms with Gasteiger partial charge in [0, 0.05) is 6.04 Å². The first kappa shape index (κ1) is 20.9. The summed E-state index contributed by atoms with van der Waals surface area (Å²) in [5.74, 6) is -1.82. The SMILES string of the molecule is O=C(CC(NC(=O)c1ccccc1Cl)c1ccccc1)N[C@H]1CC[C@@H](C(=O)O)C1. The molecule has 1 fully saturated rings. The molecule has 152 valence electrons. The highest BCUT2D eigenvalue weighted by Crippen LogP contribution is 2.26. The van der Waals surface area contributed by atoms with Crippen LogP contribution in [0.4, 0.5) is 0 Å². The van der Waals surface area contributed by atoms with Gasteiger partial charge in [0.15, 0.2) is 0 Å². The highest BCUT2D eigenvalue weighted by Gasteiger charge is 2.31. The second kappa shape index (κ2) is 9.56. The van der Waals surface area contributed by atoms with Gasteiger partial charge in [-0.15, -0.1) is 0 Å². The summed E-state index contributed by atoms with van der Waals surface area (Å²) in [5.41, 5.74) is 1.15. The van der Waals surface area contributed by atoms with Crippen molar-refractivity contribution in [3.63, 3.8) is 0 Å². The van der Waals surface area contributed by atoms with Crippen LogP contribution in [0.5, 0.6) is 0 Å². The smallest absolute Gasteiger partial charge is 0.306 e. The number of hydrogen-bond acceptors (Lipinski definition) is 3. The number of carboxylic acids is 1. The second-order valence-electron chi connectivity index (χ2n) is 7.23. The van der Waals surface area contributed by atoms with Crippen molar-refractivity contribution in [2.75, 3.05) is 0 Å². The molecule has 1 aliphatic carbocycles. The molecule has 3 N–H and O–H groups in total. The average Bonchev–Trinajstić information content (AvgIpc) is 3.17. The minimum absolute atomic E-state index is 0.0500. The maximum atomic E-state index is 12.7. The number of nitrogens with one attached hydrogen (secondary N) is 2. The van der Waals surface area contributed by atoms with E-state index in [2.05, 4.69) is 10.6 Å². The van der Waals surface area contributed by atoms with E-state index in [0.717, 1.165) is 5.56 Å². The first-order valence-corrected chi connectivity index (χ1v) is 9.94. The summed E-state index contributed by atoms with van der Waals surface area (Å²) in [7, 11) is 0. The number of amides is 2. The molecule has 1 saturated carbocycles. The van der Waals surface area contributed by atoms with Gasteiger partial charge in [-0.1, -0.05) is 54.1 Å². The van der Waals surface area contributed by atoms with Gasteiger partial charge in [0.05, 0.1) is 29.0 Å². The van der Waals surface area contributed by atoms with Gasteiger partial charge in [0.1, 0.15) is 0 Å². The minimum atomic E-state index is -0.823. The largest absolute Gasteiger partial charge is 0.481 e. The Hall–Kier alpha value is -2.86. The van der Waals surface area contributed by atoms with E-state index in [1.165, 1.54) is 0 Å². The van der Waals surface area contributed by atoms with Crippen LogP contribution >= 0.6 is 11.6 Å². The number of benzene rings is 2. The third kappa shape index (κ3) is 5.57. The van der Waals surface area contributed by atoms with Gasteiger partial charge in [-0.25, -0.2) is 0 Å². The van der Waals surface area contributed by atoms with Gasteiger partial charge < -0.3 is 15.7 Å². The molecular weight excluding hydrogens is 392 g/mol. The summed E-state index contributed by atoms with van der Waals surface area (Å²) in [6.45, 7) is 0. The van der Waals surface area contributed by atoms with Crippen LogP contribution in [0.1, 0.15) is 47.6 Å². The van der Waals surface area contributed by atoms with E-state index in [9.17, 15) is 14.4 Å². The van der Waals surface area contributed by atoms with Crippen LogP contribution in [-0.4, -0.2) is 28.9 Å². The van der Waals surface area contributed by atoms with E-state index >= 15 is 0 Å². The second-order valence-corrected chi connectivity index (χ2v) is 7.64. The zero-order valence-corrected chi connectivity index (χ0v) is 16.6. The van der Waals surface area contributed by atoms with E-state index < -0.39 is 17.9 Å². The number of halogens is 1.